The molecule has 1 aromatic carbocycles. The predicted octanol–water partition coefficient (Wildman–Crippen LogP) is 2.51. The standard InChI is InChI=1S/C23H38N6O.HI/c1-3-24-23(25-12-5-14-28-15-6-13-27(2)17-18-28)26-19-20-8-10-21(11-9-20)29-16-4-7-22(29)30;/h8-11H,3-7,12-19H2,1-2H3,(H2,24,25,26);1H. The van der Waals surface area contributed by atoms with Crippen LogP contribution in [-0.2, 0) is 11.3 Å². The molecule has 0 bridgehead atoms. The Morgan fingerprint density at radius 3 is 2.55 bits per heavy atom. The van der Waals surface area contributed by atoms with Gasteiger partial charge in [-0.15, -0.1) is 24.0 Å². The van der Waals surface area contributed by atoms with E-state index in [0.717, 1.165) is 56.2 Å². The molecule has 2 N–H and O–H groups in total. The summed E-state index contributed by atoms with van der Waals surface area (Å²) in [6, 6.07) is 8.22. The van der Waals surface area contributed by atoms with Crippen molar-refractivity contribution < 1.29 is 4.79 Å². The van der Waals surface area contributed by atoms with Crippen LogP contribution in [0.2, 0.25) is 0 Å². The van der Waals surface area contributed by atoms with Gasteiger partial charge in [-0.3, -0.25) is 4.79 Å². The molecule has 2 aliphatic rings. The number of carbonyl (C=O) groups excluding carboxylic acids is 1. The van der Waals surface area contributed by atoms with E-state index >= 15 is 0 Å². The fourth-order valence-electron chi connectivity index (χ4n) is 4.05. The summed E-state index contributed by atoms with van der Waals surface area (Å²) in [7, 11) is 2.21. The summed E-state index contributed by atoms with van der Waals surface area (Å²) in [6.07, 6.45) is 4.00. The number of carbonyl (C=O) groups is 1. The Labute approximate surface area is 204 Å². The van der Waals surface area contributed by atoms with Gasteiger partial charge in [0.1, 0.15) is 0 Å². The number of hydrogen-bond donors (Lipinski definition) is 2. The van der Waals surface area contributed by atoms with Gasteiger partial charge >= 0.3 is 0 Å². The molecule has 0 saturated carbocycles. The molecule has 174 valence electrons. The van der Waals surface area contributed by atoms with Gasteiger partial charge in [0.25, 0.3) is 0 Å². The second kappa shape index (κ2) is 13.9. The molecule has 2 fully saturated rings. The zero-order valence-corrected chi connectivity index (χ0v) is 21.4. The molecule has 1 aromatic rings. The van der Waals surface area contributed by atoms with Crippen LogP contribution in [0.25, 0.3) is 0 Å². The normalized spacial score (nSPS) is 18.6. The minimum atomic E-state index is 0. The molecule has 0 aliphatic carbocycles. The van der Waals surface area contributed by atoms with Crippen LogP contribution in [0.4, 0.5) is 5.69 Å². The topological polar surface area (TPSA) is 63.2 Å². The number of benzene rings is 1. The van der Waals surface area contributed by atoms with E-state index < -0.39 is 0 Å². The molecule has 0 radical (unpaired) electrons. The van der Waals surface area contributed by atoms with Crippen LogP contribution in [0.1, 0.15) is 38.2 Å². The third-order valence-electron chi connectivity index (χ3n) is 5.84. The van der Waals surface area contributed by atoms with Crippen LogP contribution >= 0.6 is 24.0 Å². The van der Waals surface area contributed by atoms with Crippen LogP contribution in [0, 0.1) is 0 Å². The average molecular weight is 543 g/mol. The van der Waals surface area contributed by atoms with Gasteiger partial charge in [0.05, 0.1) is 6.54 Å². The number of anilines is 1. The SMILES string of the molecule is CCNC(=NCc1ccc(N2CCCC2=O)cc1)NCCCN1CCCN(C)CC1.I. The largest absolute Gasteiger partial charge is 0.357 e. The molecule has 0 atom stereocenters. The van der Waals surface area contributed by atoms with Crippen LogP contribution in [0.15, 0.2) is 29.3 Å². The Morgan fingerprint density at radius 2 is 1.84 bits per heavy atom. The highest BCUT2D eigenvalue weighted by molar-refractivity contribution is 14.0. The molecule has 0 spiro atoms. The molecule has 8 heteroatoms. The first-order valence-electron chi connectivity index (χ1n) is 11.5. The second-order valence-electron chi connectivity index (χ2n) is 8.29. The quantitative estimate of drug-likeness (QED) is 0.229. The van der Waals surface area contributed by atoms with Gasteiger partial charge in [-0.2, -0.15) is 0 Å². The Morgan fingerprint density at radius 1 is 1.03 bits per heavy atom. The zero-order chi connectivity index (χ0) is 21.2. The summed E-state index contributed by atoms with van der Waals surface area (Å²) >= 11 is 0. The number of rotatable bonds is 8. The number of halogens is 1. The third-order valence-corrected chi connectivity index (χ3v) is 5.84. The van der Waals surface area contributed by atoms with Crippen LogP contribution < -0.4 is 15.5 Å². The lowest BCUT2D eigenvalue weighted by Crippen LogP contribution is -2.39. The molecular weight excluding hydrogens is 503 g/mol. The van der Waals surface area contributed by atoms with Crippen molar-refractivity contribution in [1.82, 2.24) is 20.4 Å². The van der Waals surface area contributed by atoms with Gasteiger partial charge < -0.3 is 25.3 Å². The summed E-state index contributed by atoms with van der Waals surface area (Å²) in [4.78, 5) is 23.5. The van der Waals surface area contributed by atoms with Crippen LogP contribution in [-0.4, -0.2) is 81.1 Å². The summed E-state index contributed by atoms with van der Waals surface area (Å²) in [5.41, 5.74) is 2.14. The smallest absolute Gasteiger partial charge is 0.227 e. The van der Waals surface area contributed by atoms with E-state index in [1.54, 1.807) is 0 Å². The Kier molecular flexibility index (Phi) is 11.6. The summed E-state index contributed by atoms with van der Waals surface area (Å²) in [5.74, 6) is 1.10. The lowest BCUT2D eigenvalue weighted by atomic mass is 10.2. The van der Waals surface area contributed by atoms with Gasteiger partial charge in [0.2, 0.25) is 5.91 Å². The van der Waals surface area contributed by atoms with Crippen molar-refractivity contribution in [2.24, 2.45) is 4.99 Å². The number of hydrogen-bond acceptors (Lipinski definition) is 4. The number of aliphatic imine (C=N–C) groups is 1. The predicted molar refractivity (Wildman–Crippen MR) is 139 cm³/mol. The number of amides is 1. The highest BCUT2D eigenvalue weighted by atomic mass is 127. The lowest BCUT2D eigenvalue weighted by Gasteiger charge is -2.20. The van der Waals surface area contributed by atoms with E-state index in [-0.39, 0.29) is 29.9 Å². The Bertz CT molecular complexity index is 696. The molecule has 2 saturated heterocycles. The average Bonchev–Trinajstić information content (AvgIpc) is 3.07. The molecule has 7 nitrogen and oxygen atoms in total. The number of guanidine groups is 1. The highest BCUT2D eigenvalue weighted by Crippen LogP contribution is 2.21. The Hall–Kier alpha value is -1.39. The van der Waals surface area contributed by atoms with Crippen LogP contribution in [0.5, 0.6) is 0 Å². The molecule has 2 aliphatic heterocycles. The number of likely N-dealkylation sites (N-methyl/N-ethyl adjacent to an activating group) is 1. The van der Waals surface area contributed by atoms with Gasteiger partial charge in [-0.05, 0) is 70.6 Å². The molecular formula is C23H39IN6O. The van der Waals surface area contributed by atoms with Crippen molar-refractivity contribution in [2.75, 3.05) is 64.3 Å². The van der Waals surface area contributed by atoms with Crippen molar-refractivity contribution in [2.45, 2.75) is 39.2 Å². The zero-order valence-electron chi connectivity index (χ0n) is 19.1. The first kappa shape index (κ1) is 25.9. The van der Waals surface area contributed by atoms with Gasteiger partial charge in [-0.1, -0.05) is 12.1 Å². The van der Waals surface area contributed by atoms with E-state index in [9.17, 15) is 4.79 Å². The van der Waals surface area contributed by atoms with E-state index in [1.165, 1.54) is 32.6 Å². The van der Waals surface area contributed by atoms with E-state index in [4.69, 9.17) is 4.99 Å². The number of nitrogens with zero attached hydrogens (tertiary/aromatic N) is 4. The van der Waals surface area contributed by atoms with E-state index in [0.29, 0.717) is 13.0 Å². The van der Waals surface area contributed by atoms with Gasteiger partial charge in [0, 0.05) is 44.8 Å². The Balaban J connectivity index is 0.00000341. The van der Waals surface area contributed by atoms with Crippen LogP contribution in [0.3, 0.4) is 0 Å². The highest BCUT2D eigenvalue weighted by Gasteiger charge is 2.21. The van der Waals surface area contributed by atoms with Crippen molar-refractivity contribution in [1.29, 1.82) is 0 Å². The molecule has 0 aromatic heterocycles. The fraction of sp³-hybridized carbons (Fsp3) is 0.652. The first-order chi connectivity index (χ1) is 14.7. The summed E-state index contributed by atoms with van der Waals surface area (Å²) < 4.78 is 0. The van der Waals surface area contributed by atoms with Crippen molar-refractivity contribution >= 4 is 41.5 Å². The summed E-state index contributed by atoms with van der Waals surface area (Å²) in [6.45, 7) is 11.2. The van der Waals surface area contributed by atoms with Crippen molar-refractivity contribution in [3.63, 3.8) is 0 Å². The maximum atomic E-state index is 11.9. The van der Waals surface area contributed by atoms with E-state index in [1.807, 2.05) is 17.0 Å². The van der Waals surface area contributed by atoms with E-state index in [2.05, 4.69) is 46.5 Å². The number of nitrogens with one attached hydrogen (secondary N) is 2. The molecule has 31 heavy (non-hydrogen) atoms. The first-order valence-corrected chi connectivity index (χ1v) is 11.5. The van der Waals surface area contributed by atoms with Crippen molar-refractivity contribution in [3.8, 4) is 0 Å². The maximum absolute atomic E-state index is 11.9. The maximum Gasteiger partial charge on any atom is 0.227 e. The minimum absolute atomic E-state index is 0. The second-order valence-corrected chi connectivity index (χ2v) is 8.29. The fourth-order valence-corrected chi connectivity index (χ4v) is 4.05. The summed E-state index contributed by atoms with van der Waals surface area (Å²) in [5, 5.41) is 6.80. The minimum Gasteiger partial charge on any atom is -0.357 e. The molecule has 1 amide bonds. The van der Waals surface area contributed by atoms with Gasteiger partial charge in [0.15, 0.2) is 5.96 Å². The molecule has 3 rings (SSSR count). The third kappa shape index (κ3) is 8.57. The van der Waals surface area contributed by atoms with Gasteiger partial charge in [-0.25, -0.2) is 4.99 Å². The molecule has 0 unspecified atom stereocenters. The van der Waals surface area contributed by atoms with Crippen molar-refractivity contribution in [3.05, 3.63) is 29.8 Å². The molecule has 2 heterocycles. The monoisotopic (exact) mass is 542 g/mol. The lowest BCUT2D eigenvalue weighted by molar-refractivity contribution is -0.117.